The van der Waals surface area contributed by atoms with Gasteiger partial charge in [0, 0.05) is 17.5 Å². The van der Waals surface area contributed by atoms with Gasteiger partial charge in [0.05, 0.1) is 0 Å². The first kappa shape index (κ1) is 11.3. The number of hydrogen-bond acceptors (Lipinski definition) is 1. The van der Waals surface area contributed by atoms with Gasteiger partial charge in [0.1, 0.15) is 0 Å². The summed E-state index contributed by atoms with van der Waals surface area (Å²) in [6.45, 7) is 1.94. The zero-order chi connectivity index (χ0) is 10.9. The molecule has 1 atom stereocenters. The van der Waals surface area contributed by atoms with E-state index in [1.54, 1.807) is 0 Å². The second kappa shape index (κ2) is 4.36. The van der Waals surface area contributed by atoms with Crippen LogP contribution < -0.4 is 5.32 Å². The third-order valence-corrected chi connectivity index (χ3v) is 4.22. The van der Waals surface area contributed by atoms with E-state index in [-0.39, 0.29) is 6.04 Å². The van der Waals surface area contributed by atoms with Gasteiger partial charge in [0.25, 0.3) is 0 Å². The van der Waals surface area contributed by atoms with Gasteiger partial charge >= 0.3 is 0 Å². The Hall–Kier alpha value is -0.180. The van der Waals surface area contributed by atoms with Crippen LogP contribution >= 0.6 is 0 Å². The van der Waals surface area contributed by atoms with E-state index in [2.05, 4.69) is 5.32 Å². The molecular weight excluding hydrogens is 196 g/mol. The molecule has 0 spiro atoms. The Morgan fingerprint density at radius 2 is 1.73 bits per heavy atom. The topological polar surface area (TPSA) is 12.0 Å². The van der Waals surface area contributed by atoms with Gasteiger partial charge in [-0.15, -0.1) is 0 Å². The third-order valence-electron chi connectivity index (χ3n) is 4.22. The summed E-state index contributed by atoms with van der Waals surface area (Å²) in [5.41, 5.74) is -0.683. The minimum atomic E-state index is -2.15. The van der Waals surface area contributed by atoms with Gasteiger partial charge in [-0.3, -0.25) is 0 Å². The van der Waals surface area contributed by atoms with Crippen molar-refractivity contribution in [3.8, 4) is 0 Å². The van der Waals surface area contributed by atoms with E-state index < -0.39 is 11.8 Å². The Kier molecular flexibility index (Phi) is 3.29. The van der Waals surface area contributed by atoms with Crippen LogP contribution in [-0.2, 0) is 0 Å². The summed E-state index contributed by atoms with van der Waals surface area (Å²) >= 11 is 0. The molecule has 2 aliphatic rings. The van der Waals surface area contributed by atoms with Crippen LogP contribution in [0.5, 0.6) is 0 Å². The molecule has 0 saturated heterocycles. The van der Waals surface area contributed by atoms with Gasteiger partial charge in [-0.2, -0.15) is 0 Å². The van der Waals surface area contributed by atoms with Crippen LogP contribution in [-0.4, -0.2) is 18.5 Å². The van der Waals surface area contributed by atoms with E-state index in [0.29, 0.717) is 18.9 Å². The van der Waals surface area contributed by atoms with E-state index in [4.69, 9.17) is 0 Å². The average Bonchev–Trinajstić information content (AvgIpc) is 2.99. The molecule has 0 amide bonds. The van der Waals surface area contributed by atoms with Gasteiger partial charge in [0.2, 0.25) is 6.43 Å². The van der Waals surface area contributed by atoms with Crippen molar-refractivity contribution in [3.63, 3.8) is 0 Å². The Labute approximate surface area is 90.6 Å². The lowest BCUT2D eigenvalue weighted by Gasteiger charge is -2.31. The third kappa shape index (κ3) is 2.32. The lowest BCUT2D eigenvalue weighted by Crippen LogP contribution is -2.45. The minimum absolute atomic E-state index is 0.0133. The largest absolute Gasteiger partial charge is 0.311 e. The second-order valence-electron chi connectivity index (χ2n) is 5.26. The summed E-state index contributed by atoms with van der Waals surface area (Å²) in [7, 11) is 0. The van der Waals surface area contributed by atoms with Crippen LogP contribution in [0.1, 0.15) is 51.9 Å². The highest BCUT2D eigenvalue weighted by molar-refractivity contribution is 5.03. The lowest BCUT2D eigenvalue weighted by atomic mass is 9.92. The summed E-state index contributed by atoms with van der Waals surface area (Å²) in [5, 5.41) is 3.42. The van der Waals surface area contributed by atoms with Crippen LogP contribution in [0.25, 0.3) is 0 Å². The molecule has 88 valence electrons. The van der Waals surface area contributed by atoms with Crippen molar-refractivity contribution >= 4 is 0 Å². The number of rotatable bonds is 4. The highest BCUT2D eigenvalue weighted by atomic mass is 19.3. The molecule has 0 aromatic heterocycles. The molecule has 15 heavy (non-hydrogen) atoms. The van der Waals surface area contributed by atoms with Crippen molar-refractivity contribution in [2.75, 3.05) is 0 Å². The standard InChI is InChI=1S/C12H21F2N/c1-9(12(7-8-12)11(13)14)15-10-5-3-2-4-6-10/h9-11,15H,2-8H2,1H3. The van der Waals surface area contributed by atoms with E-state index in [0.717, 1.165) is 0 Å². The van der Waals surface area contributed by atoms with Gasteiger partial charge in [-0.1, -0.05) is 19.3 Å². The molecule has 2 fully saturated rings. The maximum absolute atomic E-state index is 12.8. The zero-order valence-electron chi connectivity index (χ0n) is 9.44. The van der Waals surface area contributed by atoms with Gasteiger partial charge in [-0.05, 0) is 32.6 Å². The Bertz CT molecular complexity index is 208. The van der Waals surface area contributed by atoms with Crippen molar-refractivity contribution < 1.29 is 8.78 Å². The van der Waals surface area contributed by atoms with Crippen molar-refractivity contribution in [2.24, 2.45) is 5.41 Å². The van der Waals surface area contributed by atoms with Crippen LogP contribution in [0.3, 0.4) is 0 Å². The summed E-state index contributed by atoms with van der Waals surface area (Å²) < 4.78 is 25.7. The molecule has 0 bridgehead atoms. The smallest absolute Gasteiger partial charge is 0.245 e. The first-order valence-corrected chi connectivity index (χ1v) is 6.19. The molecule has 1 nitrogen and oxygen atoms in total. The zero-order valence-corrected chi connectivity index (χ0v) is 9.44. The maximum atomic E-state index is 12.8. The molecule has 0 aliphatic heterocycles. The molecule has 3 heteroatoms. The highest BCUT2D eigenvalue weighted by Gasteiger charge is 2.55. The average molecular weight is 217 g/mol. The molecular formula is C12H21F2N. The molecule has 1 unspecified atom stereocenters. The highest BCUT2D eigenvalue weighted by Crippen LogP contribution is 2.53. The molecule has 1 N–H and O–H groups in total. The first-order chi connectivity index (χ1) is 7.15. The fourth-order valence-electron chi connectivity index (χ4n) is 2.77. The molecule has 0 heterocycles. The normalized spacial score (nSPS) is 28.0. The number of halogens is 2. The van der Waals surface area contributed by atoms with E-state index in [1.165, 1.54) is 32.1 Å². The Morgan fingerprint density at radius 3 is 2.20 bits per heavy atom. The lowest BCUT2D eigenvalue weighted by molar-refractivity contribution is 0.0375. The summed E-state index contributed by atoms with van der Waals surface area (Å²) in [6, 6.07) is 0.477. The first-order valence-electron chi connectivity index (χ1n) is 6.19. The molecule has 2 rings (SSSR count). The van der Waals surface area contributed by atoms with E-state index in [9.17, 15) is 8.78 Å². The predicted octanol–water partition coefficient (Wildman–Crippen LogP) is 3.34. The Morgan fingerprint density at radius 1 is 1.13 bits per heavy atom. The minimum Gasteiger partial charge on any atom is -0.311 e. The maximum Gasteiger partial charge on any atom is 0.245 e. The molecule has 0 aromatic carbocycles. The van der Waals surface area contributed by atoms with Crippen LogP contribution in [0.4, 0.5) is 8.78 Å². The summed E-state index contributed by atoms with van der Waals surface area (Å²) in [5.74, 6) is 0. The molecule has 2 saturated carbocycles. The van der Waals surface area contributed by atoms with Gasteiger partial charge in [-0.25, -0.2) is 8.78 Å². The fourth-order valence-corrected chi connectivity index (χ4v) is 2.77. The molecule has 0 aromatic rings. The number of alkyl halides is 2. The van der Waals surface area contributed by atoms with Crippen molar-refractivity contribution in [2.45, 2.75) is 70.4 Å². The van der Waals surface area contributed by atoms with Crippen LogP contribution in [0.15, 0.2) is 0 Å². The van der Waals surface area contributed by atoms with Crippen LogP contribution in [0.2, 0.25) is 0 Å². The monoisotopic (exact) mass is 217 g/mol. The summed E-state index contributed by atoms with van der Waals surface area (Å²) in [6.07, 6.45) is 5.42. The van der Waals surface area contributed by atoms with Crippen LogP contribution in [0, 0.1) is 5.41 Å². The quantitative estimate of drug-likeness (QED) is 0.761. The van der Waals surface area contributed by atoms with E-state index in [1.807, 2.05) is 6.92 Å². The summed E-state index contributed by atoms with van der Waals surface area (Å²) in [4.78, 5) is 0. The SMILES string of the molecule is CC(NC1CCCCC1)C1(C(F)F)CC1. The second-order valence-corrected chi connectivity index (χ2v) is 5.26. The van der Waals surface area contributed by atoms with Crippen molar-refractivity contribution in [3.05, 3.63) is 0 Å². The predicted molar refractivity (Wildman–Crippen MR) is 57.1 cm³/mol. The fraction of sp³-hybridized carbons (Fsp3) is 1.00. The van der Waals surface area contributed by atoms with Gasteiger partial charge in [0.15, 0.2) is 0 Å². The van der Waals surface area contributed by atoms with Crippen molar-refractivity contribution in [1.29, 1.82) is 0 Å². The van der Waals surface area contributed by atoms with E-state index >= 15 is 0 Å². The molecule has 2 aliphatic carbocycles. The molecule has 0 radical (unpaired) electrons. The van der Waals surface area contributed by atoms with Gasteiger partial charge < -0.3 is 5.32 Å². The van der Waals surface area contributed by atoms with Crippen molar-refractivity contribution in [1.82, 2.24) is 5.32 Å². The number of nitrogens with one attached hydrogen (secondary N) is 1. The Balaban J connectivity index is 1.83. The number of hydrogen-bond donors (Lipinski definition) is 1.